The fourth-order valence-electron chi connectivity index (χ4n) is 1.60. The van der Waals surface area contributed by atoms with Gasteiger partial charge in [-0.05, 0) is 12.3 Å². The van der Waals surface area contributed by atoms with Crippen LogP contribution in [0.5, 0.6) is 0 Å². The summed E-state index contributed by atoms with van der Waals surface area (Å²) in [6.45, 7) is 3.88. The van der Waals surface area contributed by atoms with Crippen LogP contribution in [0.15, 0.2) is 6.20 Å². The molecule has 0 atom stereocenters. The Balaban J connectivity index is 1.97. The summed E-state index contributed by atoms with van der Waals surface area (Å²) in [5.74, 6) is 0.679. The Morgan fingerprint density at radius 2 is 2.36 bits per heavy atom. The molecule has 2 rings (SSSR count). The quantitative estimate of drug-likeness (QED) is 0.680. The number of rotatable bonds is 2. The van der Waals surface area contributed by atoms with Crippen LogP contribution in [-0.4, -0.2) is 38.9 Å². The molecule has 0 radical (unpaired) electrons. The van der Waals surface area contributed by atoms with E-state index in [-0.39, 0.29) is 5.91 Å². The van der Waals surface area contributed by atoms with Gasteiger partial charge in [0.25, 0.3) is 5.91 Å². The molecule has 1 fully saturated rings. The van der Waals surface area contributed by atoms with E-state index in [4.69, 9.17) is 0 Å². The molecule has 0 saturated carbocycles. The maximum Gasteiger partial charge on any atom is 0.276 e. The third kappa shape index (κ3) is 1.49. The van der Waals surface area contributed by atoms with E-state index in [9.17, 15) is 4.79 Å². The fraction of sp³-hybridized carbons (Fsp3) is 0.667. The summed E-state index contributed by atoms with van der Waals surface area (Å²) in [5, 5.41) is 7.53. The minimum Gasteiger partial charge on any atom is -0.337 e. The van der Waals surface area contributed by atoms with E-state index in [1.807, 2.05) is 4.90 Å². The molecule has 1 aromatic rings. The molecule has 1 aliphatic heterocycles. The Morgan fingerprint density at radius 1 is 1.64 bits per heavy atom. The van der Waals surface area contributed by atoms with E-state index >= 15 is 0 Å². The average Bonchev–Trinajstić information content (AvgIpc) is 2.49. The van der Waals surface area contributed by atoms with E-state index < -0.39 is 0 Å². The number of carbonyl (C=O) groups is 1. The lowest BCUT2D eigenvalue weighted by molar-refractivity contribution is 0.0488. The second-order valence-electron chi connectivity index (χ2n) is 3.76. The van der Waals surface area contributed by atoms with Crippen LogP contribution in [0.25, 0.3) is 0 Å². The number of aryl methyl sites for hydroxylation is 1. The van der Waals surface area contributed by atoms with Gasteiger partial charge in [-0.1, -0.05) is 12.1 Å². The Labute approximate surface area is 82.7 Å². The highest BCUT2D eigenvalue weighted by Crippen LogP contribution is 2.19. The fourth-order valence-corrected chi connectivity index (χ4v) is 1.60. The highest BCUT2D eigenvalue weighted by Gasteiger charge is 2.30. The SMILES string of the molecule is CCC1CN(C(=O)c2cn(C)nn2)C1. The molecule has 0 aromatic carbocycles. The molecule has 0 unspecified atom stereocenters. The Morgan fingerprint density at radius 3 is 2.86 bits per heavy atom. The highest BCUT2D eigenvalue weighted by molar-refractivity contribution is 5.92. The van der Waals surface area contributed by atoms with Gasteiger partial charge in [0, 0.05) is 20.1 Å². The third-order valence-electron chi connectivity index (χ3n) is 2.64. The lowest BCUT2D eigenvalue weighted by Gasteiger charge is -2.38. The van der Waals surface area contributed by atoms with Crippen LogP contribution >= 0.6 is 0 Å². The van der Waals surface area contributed by atoms with E-state index in [1.54, 1.807) is 17.9 Å². The van der Waals surface area contributed by atoms with Gasteiger partial charge in [0.05, 0.1) is 6.20 Å². The number of hydrogen-bond donors (Lipinski definition) is 0. The molecule has 2 heterocycles. The van der Waals surface area contributed by atoms with Crippen molar-refractivity contribution in [1.82, 2.24) is 19.9 Å². The van der Waals surface area contributed by atoms with Crippen LogP contribution in [0.1, 0.15) is 23.8 Å². The molecule has 5 heteroatoms. The molecular formula is C9H14N4O. The molecule has 1 saturated heterocycles. The van der Waals surface area contributed by atoms with Gasteiger partial charge in [-0.25, -0.2) is 0 Å². The lowest BCUT2D eigenvalue weighted by Crippen LogP contribution is -2.49. The van der Waals surface area contributed by atoms with Crippen molar-refractivity contribution in [2.75, 3.05) is 13.1 Å². The normalized spacial score (nSPS) is 16.9. The van der Waals surface area contributed by atoms with Gasteiger partial charge in [0.2, 0.25) is 0 Å². The van der Waals surface area contributed by atoms with Crippen molar-refractivity contribution in [3.8, 4) is 0 Å². The second kappa shape index (κ2) is 3.40. The largest absolute Gasteiger partial charge is 0.337 e. The Hall–Kier alpha value is -1.39. The van der Waals surface area contributed by atoms with Crippen LogP contribution in [0.3, 0.4) is 0 Å². The molecule has 14 heavy (non-hydrogen) atoms. The molecule has 1 amide bonds. The minimum absolute atomic E-state index is 0.00259. The number of amides is 1. The molecule has 0 N–H and O–H groups in total. The van der Waals surface area contributed by atoms with Crippen molar-refractivity contribution >= 4 is 5.91 Å². The molecule has 0 bridgehead atoms. The van der Waals surface area contributed by atoms with Crippen molar-refractivity contribution in [3.63, 3.8) is 0 Å². The van der Waals surface area contributed by atoms with E-state index in [1.165, 1.54) is 0 Å². The zero-order chi connectivity index (χ0) is 10.1. The predicted molar refractivity (Wildman–Crippen MR) is 50.7 cm³/mol. The lowest BCUT2D eigenvalue weighted by atomic mass is 9.97. The first-order valence-corrected chi connectivity index (χ1v) is 4.86. The van der Waals surface area contributed by atoms with Crippen LogP contribution in [-0.2, 0) is 7.05 Å². The van der Waals surface area contributed by atoms with Gasteiger partial charge in [0.1, 0.15) is 0 Å². The van der Waals surface area contributed by atoms with Crippen molar-refractivity contribution in [3.05, 3.63) is 11.9 Å². The van der Waals surface area contributed by atoms with Gasteiger partial charge >= 0.3 is 0 Å². The summed E-state index contributed by atoms with van der Waals surface area (Å²) in [6, 6.07) is 0. The number of carbonyl (C=O) groups excluding carboxylic acids is 1. The average molecular weight is 194 g/mol. The summed E-state index contributed by atoms with van der Waals surface area (Å²) in [6.07, 6.45) is 2.80. The summed E-state index contributed by atoms with van der Waals surface area (Å²) < 4.78 is 1.55. The van der Waals surface area contributed by atoms with Crippen LogP contribution in [0, 0.1) is 5.92 Å². The number of aromatic nitrogens is 3. The molecule has 5 nitrogen and oxygen atoms in total. The van der Waals surface area contributed by atoms with Crippen molar-refractivity contribution < 1.29 is 4.79 Å². The number of hydrogen-bond acceptors (Lipinski definition) is 3. The smallest absolute Gasteiger partial charge is 0.276 e. The monoisotopic (exact) mass is 194 g/mol. The van der Waals surface area contributed by atoms with Crippen LogP contribution < -0.4 is 0 Å². The molecule has 1 aromatic heterocycles. The maximum atomic E-state index is 11.7. The van der Waals surface area contributed by atoms with Gasteiger partial charge in [-0.15, -0.1) is 5.10 Å². The molecule has 1 aliphatic rings. The third-order valence-corrected chi connectivity index (χ3v) is 2.64. The highest BCUT2D eigenvalue weighted by atomic mass is 16.2. The number of likely N-dealkylation sites (tertiary alicyclic amines) is 1. The van der Waals surface area contributed by atoms with Gasteiger partial charge < -0.3 is 4.90 Å². The first kappa shape index (κ1) is 9.18. The van der Waals surface area contributed by atoms with Crippen molar-refractivity contribution in [2.24, 2.45) is 13.0 Å². The van der Waals surface area contributed by atoms with Crippen molar-refractivity contribution in [2.45, 2.75) is 13.3 Å². The molecule has 0 aliphatic carbocycles. The van der Waals surface area contributed by atoms with E-state index in [0.717, 1.165) is 19.5 Å². The van der Waals surface area contributed by atoms with E-state index in [2.05, 4.69) is 17.2 Å². The maximum absolute atomic E-state index is 11.7. The zero-order valence-corrected chi connectivity index (χ0v) is 8.47. The van der Waals surface area contributed by atoms with Gasteiger partial charge in [-0.3, -0.25) is 9.48 Å². The Kier molecular flexibility index (Phi) is 2.23. The van der Waals surface area contributed by atoms with E-state index in [0.29, 0.717) is 11.6 Å². The molecular weight excluding hydrogens is 180 g/mol. The summed E-state index contributed by atoms with van der Waals surface area (Å²) in [7, 11) is 1.76. The van der Waals surface area contributed by atoms with Gasteiger partial charge in [-0.2, -0.15) is 0 Å². The predicted octanol–water partition coefficient (Wildman–Crippen LogP) is 0.297. The summed E-state index contributed by atoms with van der Waals surface area (Å²) >= 11 is 0. The second-order valence-corrected chi connectivity index (χ2v) is 3.76. The summed E-state index contributed by atoms with van der Waals surface area (Å²) in [4.78, 5) is 13.5. The van der Waals surface area contributed by atoms with Gasteiger partial charge in [0.15, 0.2) is 5.69 Å². The first-order chi connectivity index (χ1) is 6.70. The van der Waals surface area contributed by atoms with Crippen molar-refractivity contribution in [1.29, 1.82) is 0 Å². The molecule has 0 spiro atoms. The van der Waals surface area contributed by atoms with Crippen LogP contribution in [0.2, 0.25) is 0 Å². The minimum atomic E-state index is 0.00259. The molecule has 76 valence electrons. The first-order valence-electron chi connectivity index (χ1n) is 4.86. The Bertz CT molecular complexity index is 340. The zero-order valence-electron chi connectivity index (χ0n) is 8.47. The number of nitrogens with zero attached hydrogens (tertiary/aromatic N) is 4. The van der Waals surface area contributed by atoms with Crippen LogP contribution in [0.4, 0.5) is 0 Å². The summed E-state index contributed by atoms with van der Waals surface area (Å²) in [5.41, 5.74) is 0.446. The topological polar surface area (TPSA) is 51.0 Å². The standard InChI is InChI=1S/C9H14N4O/c1-3-7-4-13(5-7)9(14)8-6-12(2)11-10-8/h6-7H,3-5H2,1-2H3.